The number of nitrogens with zero attached hydrogens (tertiary/aromatic N) is 1. The Bertz CT molecular complexity index is 4080. The second-order valence-corrected chi connectivity index (χ2v) is 24.7. The van der Waals surface area contributed by atoms with Crippen LogP contribution in [0, 0.1) is 0 Å². The van der Waals surface area contributed by atoms with E-state index in [1.807, 2.05) is 11.3 Å². The van der Waals surface area contributed by atoms with Gasteiger partial charge in [-0.3, -0.25) is 0 Å². The van der Waals surface area contributed by atoms with Gasteiger partial charge in [0.05, 0.1) is 11.1 Å². The molecule has 0 saturated carbocycles. The highest BCUT2D eigenvalue weighted by molar-refractivity contribution is 7.26. The Kier molecular flexibility index (Phi) is 9.62. The molecule has 1 heterocycles. The van der Waals surface area contributed by atoms with Crippen molar-refractivity contribution >= 4 is 48.6 Å². The lowest BCUT2D eigenvalue weighted by molar-refractivity contribution is 0.586. The van der Waals surface area contributed by atoms with E-state index in [9.17, 15) is 0 Å². The maximum Gasteiger partial charge on any atom is 0.0725 e. The number of para-hydroxylation sites is 1. The highest BCUT2D eigenvalue weighted by Crippen LogP contribution is 2.64. The van der Waals surface area contributed by atoms with Gasteiger partial charge in [-0.2, -0.15) is 0 Å². The van der Waals surface area contributed by atoms with Gasteiger partial charge >= 0.3 is 0 Å². The fraction of sp³-hybridized carbons (Fsp3) is 0.167. The van der Waals surface area contributed by atoms with Crippen molar-refractivity contribution in [2.24, 2.45) is 0 Å². The van der Waals surface area contributed by atoms with Crippen molar-refractivity contribution in [2.75, 3.05) is 4.90 Å². The van der Waals surface area contributed by atoms with E-state index >= 15 is 0 Å². The van der Waals surface area contributed by atoms with E-state index in [-0.39, 0.29) is 16.2 Å². The van der Waals surface area contributed by atoms with Crippen LogP contribution < -0.4 is 4.90 Å². The van der Waals surface area contributed by atoms with E-state index < -0.39 is 5.41 Å². The monoisotopic (exact) mass is 969 g/mol. The van der Waals surface area contributed by atoms with Gasteiger partial charge in [-0.1, -0.05) is 231 Å². The first-order valence-corrected chi connectivity index (χ1v) is 27.2. The van der Waals surface area contributed by atoms with Crippen molar-refractivity contribution < 1.29 is 0 Å². The Hall–Kier alpha value is -7.78. The van der Waals surface area contributed by atoms with E-state index in [1.54, 1.807) is 0 Å². The molecule has 10 aromatic carbocycles. The third kappa shape index (κ3) is 6.34. The molecule has 14 rings (SSSR count). The molecule has 0 aliphatic heterocycles. The van der Waals surface area contributed by atoms with Crippen LogP contribution in [0.5, 0.6) is 0 Å². The quantitative estimate of drug-likeness (QED) is 0.166. The first-order chi connectivity index (χ1) is 35.7. The topological polar surface area (TPSA) is 3.24 Å². The highest BCUT2D eigenvalue weighted by atomic mass is 32.1. The predicted octanol–water partition coefficient (Wildman–Crippen LogP) is 20.1. The second kappa shape index (κ2) is 15.9. The van der Waals surface area contributed by atoms with Crippen molar-refractivity contribution in [2.45, 2.75) is 77.0 Å². The summed E-state index contributed by atoms with van der Waals surface area (Å²) in [6.07, 6.45) is 0. The molecule has 3 aliphatic rings. The van der Waals surface area contributed by atoms with Gasteiger partial charge < -0.3 is 4.90 Å². The Labute approximate surface area is 440 Å². The maximum atomic E-state index is 2.55. The lowest BCUT2D eigenvalue weighted by Gasteiger charge is -2.33. The predicted molar refractivity (Wildman–Crippen MR) is 316 cm³/mol. The molecule has 1 aromatic heterocycles. The Balaban J connectivity index is 1.03. The molecule has 0 fully saturated rings. The summed E-state index contributed by atoms with van der Waals surface area (Å²) < 4.78 is 2.63. The van der Waals surface area contributed by atoms with Crippen LogP contribution in [-0.4, -0.2) is 0 Å². The van der Waals surface area contributed by atoms with Crippen molar-refractivity contribution in [3.63, 3.8) is 0 Å². The van der Waals surface area contributed by atoms with Crippen molar-refractivity contribution in [3.05, 3.63) is 257 Å². The average Bonchev–Trinajstić information content (AvgIpc) is 4.16. The molecule has 0 atom stereocenters. The molecule has 0 saturated heterocycles. The minimum absolute atomic E-state index is 0.0198. The van der Waals surface area contributed by atoms with Crippen LogP contribution in [0.2, 0.25) is 0 Å². The fourth-order valence-corrected chi connectivity index (χ4v) is 14.6. The van der Waals surface area contributed by atoms with Crippen LogP contribution in [0.1, 0.15) is 99.9 Å². The first-order valence-electron chi connectivity index (χ1n) is 26.4. The molecule has 1 nitrogen and oxygen atoms in total. The summed E-state index contributed by atoms with van der Waals surface area (Å²) in [5, 5.41) is 2.62. The lowest BCUT2D eigenvalue weighted by Crippen LogP contribution is -2.27. The number of rotatable bonds is 5. The zero-order valence-corrected chi connectivity index (χ0v) is 44.4. The molecule has 11 aromatic rings. The van der Waals surface area contributed by atoms with Gasteiger partial charge in [0.25, 0.3) is 0 Å². The summed E-state index contributed by atoms with van der Waals surface area (Å²) >= 11 is 1.89. The second-order valence-electron chi connectivity index (χ2n) is 23.6. The lowest BCUT2D eigenvalue weighted by atomic mass is 9.69. The van der Waals surface area contributed by atoms with Gasteiger partial charge in [0.1, 0.15) is 0 Å². The van der Waals surface area contributed by atoms with E-state index in [0.29, 0.717) is 0 Å². The van der Waals surface area contributed by atoms with Crippen molar-refractivity contribution in [1.82, 2.24) is 0 Å². The molecular formula is C72H59NS. The zero-order valence-electron chi connectivity index (χ0n) is 43.6. The van der Waals surface area contributed by atoms with Gasteiger partial charge in [0.2, 0.25) is 0 Å². The van der Waals surface area contributed by atoms with Gasteiger partial charge in [-0.05, 0) is 142 Å². The van der Waals surface area contributed by atoms with Gasteiger partial charge in [0, 0.05) is 42.5 Å². The van der Waals surface area contributed by atoms with E-state index in [2.05, 4.69) is 273 Å². The molecule has 74 heavy (non-hydrogen) atoms. The molecule has 0 N–H and O–H groups in total. The standard InChI is InChI=1S/C72H59NS/c1-69(2,3)45-34-37-51-52-38-35-46(70(4,5)6)42-64(52)72(63(51)41-45)60-30-14-9-22-50(60)58-43-48(36-39-61(58)72)73(47-21-17-20-44(40-47)49-26-18-28-56-54-24-12-16-33-66(54)74-68(49)56)65-32-15-11-23-53(65)55-27-19-31-62-67(55)57-25-10-13-29-59(57)71(62,7)8/h9-43H,1-8H3. The Morgan fingerprint density at radius 2 is 0.905 bits per heavy atom. The minimum Gasteiger partial charge on any atom is -0.310 e. The van der Waals surface area contributed by atoms with E-state index in [1.165, 1.54) is 120 Å². The average molecular weight is 970 g/mol. The number of benzene rings is 10. The molecule has 3 aliphatic carbocycles. The van der Waals surface area contributed by atoms with Crippen LogP contribution in [0.3, 0.4) is 0 Å². The van der Waals surface area contributed by atoms with Crippen LogP contribution in [0.4, 0.5) is 17.1 Å². The summed E-state index contributed by atoms with van der Waals surface area (Å²) in [6.45, 7) is 18.8. The van der Waals surface area contributed by atoms with E-state index in [4.69, 9.17) is 0 Å². The van der Waals surface area contributed by atoms with Crippen molar-refractivity contribution in [1.29, 1.82) is 0 Å². The van der Waals surface area contributed by atoms with Crippen LogP contribution in [0.15, 0.2) is 212 Å². The van der Waals surface area contributed by atoms with E-state index in [0.717, 1.165) is 17.1 Å². The molecule has 0 unspecified atom stereocenters. The molecule has 0 radical (unpaired) electrons. The number of fused-ring (bicyclic) bond motifs is 16. The van der Waals surface area contributed by atoms with Gasteiger partial charge in [-0.15, -0.1) is 11.3 Å². The zero-order chi connectivity index (χ0) is 50.5. The molecule has 2 heteroatoms. The fourth-order valence-electron chi connectivity index (χ4n) is 13.3. The number of hydrogen-bond donors (Lipinski definition) is 0. The molecular weight excluding hydrogens is 911 g/mol. The maximum absolute atomic E-state index is 2.55. The SMILES string of the molecule is CC(C)(C)c1ccc2c(c1)C1(c3ccccc3-c3cc(N(c4cccc(-c5cccc6c5sc5ccccc56)c4)c4ccccc4-c4cccc5c4-c4ccccc4C5(C)C)ccc31)c1cc(C(C)(C)C)ccc1-2. The van der Waals surface area contributed by atoms with Crippen LogP contribution in [-0.2, 0) is 21.7 Å². The van der Waals surface area contributed by atoms with Crippen LogP contribution >= 0.6 is 11.3 Å². The smallest absolute Gasteiger partial charge is 0.0725 e. The summed E-state index contributed by atoms with van der Waals surface area (Å²) in [7, 11) is 0. The summed E-state index contributed by atoms with van der Waals surface area (Å²) in [4.78, 5) is 2.55. The van der Waals surface area contributed by atoms with Crippen molar-refractivity contribution in [3.8, 4) is 55.6 Å². The van der Waals surface area contributed by atoms with Gasteiger partial charge in [0.15, 0.2) is 0 Å². The third-order valence-corrected chi connectivity index (χ3v) is 18.2. The van der Waals surface area contributed by atoms with Gasteiger partial charge in [-0.25, -0.2) is 0 Å². The summed E-state index contributed by atoms with van der Waals surface area (Å²) in [6, 6.07) is 81.5. The molecule has 0 amide bonds. The molecule has 358 valence electrons. The largest absolute Gasteiger partial charge is 0.310 e. The highest BCUT2D eigenvalue weighted by Gasteiger charge is 2.52. The Morgan fingerprint density at radius 1 is 0.365 bits per heavy atom. The minimum atomic E-state index is -0.492. The summed E-state index contributed by atoms with van der Waals surface area (Å²) in [5.41, 5.74) is 26.5. The third-order valence-electron chi connectivity index (χ3n) is 17.0. The normalized spacial score (nSPS) is 14.4. The molecule has 1 spiro atoms. The molecule has 0 bridgehead atoms. The number of hydrogen-bond acceptors (Lipinski definition) is 2. The Morgan fingerprint density at radius 3 is 1.65 bits per heavy atom. The summed E-state index contributed by atoms with van der Waals surface area (Å²) in [5.74, 6) is 0. The van der Waals surface area contributed by atoms with Crippen LogP contribution in [0.25, 0.3) is 75.8 Å². The number of thiophene rings is 1. The number of anilines is 3. The first kappa shape index (κ1) is 44.9.